The third-order valence-electron chi connectivity index (χ3n) is 8.82. The highest BCUT2D eigenvalue weighted by molar-refractivity contribution is 6.74. The molecule has 0 bridgehead atoms. The monoisotopic (exact) mass is 599 g/mol. The fourth-order valence-corrected chi connectivity index (χ4v) is 6.54. The maximum atomic E-state index is 11.5. The van der Waals surface area contributed by atoms with Crippen LogP contribution in [0.2, 0.25) is 36.3 Å². The van der Waals surface area contributed by atoms with Crippen LogP contribution in [0.15, 0.2) is 30.6 Å². The quantitative estimate of drug-likeness (QED) is 0.211. The van der Waals surface area contributed by atoms with Gasteiger partial charge in [-0.25, -0.2) is 4.98 Å². The Morgan fingerprint density at radius 3 is 2.34 bits per heavy atom. The molecular formula is C29H45N5O5Si2. The standard InChI is InChI=1S/C29H45N5O5Si2/c1-28(2,3)40(7,8)36-17-22-21(39-41(9,10)29(4,5)6)15-23(37-22)34-18-31-24-25(34)32-27(30)33-26(24)38-20-14-12-11-13-19(20)16-35/h11-14,16,18,21-23H,15,17H2,1-10H3,(H2,30,32,33)/t21-,22+,23+/m0/s1. The lowest BCUT2D eigenvalue weighted by Crippen LogP contribution is -2.48. The molecule has 1 saturated heterocycles. The van der Waals surface area contributed by atoms with E-state index in [0.29, 0.717) is 35.5 Å². The van der Waals surface area contributed by atoms with Crippen molar-refractivity contribution in [1.29, 1.82) is 0 Å². The smallest absolute Gasteiger partial charge is 0.252 e. The number of benzene rings is 1. The van der Waals surface area contributed by atoms with Gasteiger partial charge in [-0.05, 0) is 48.4 Å². The highest BCUT2D eigenvalue weighted by Crippen LogP contribution is 2.43. The molecule has 2 aromatic heterocycles. The molecule has 4 rings (SSSR count). The van der Waals surface area contributed by atoms with Gasteiger partial charge in [0, 0.05) is 6.42 Å². The van der Waals surface area contributed by atoms with Crippen LogP contribution in [0.4, 0.5) is 5.95 Å². The summed E-state index contributed by atoms with van der Waals surface area (Å²) in [6.07, 6.45) is 2.20. The molecular weight excluding hydrogens is 555 g/mol. The number of nitrogen functional groups attached to an aromatic ring is 1. The first kappa shape index (κ1) is 31.3. The largest absolute Gasteiger partial charge is 0.436 e. The summed E-state index contributed by atoms with van der Waals surface area (Å²) in [7, 11) is -4.12. The van der Waals surface area contributed by atoms with E-state index in [1.165, 1.54) is 0 Å². The Hall–Kier alpha value is -2.65. The fourth-order valence-electron chi connectivity index (χ4n) is 4.17. The summed E-state index contributed by atoms with van der Waals surface area (Å²) in [6, 6.07) is 6.91. The van der Waals surface area contributed by atoms with E-state index < -0.39 is 22.9 Å². The number of aldehydes is 1. The van der Waals surface area contributed by atoms with Gasteiger partial charge in [-0.15, -0.1) is 0 Å². The highest BCUT2D eigenvalue weighted by Gasteiger charge is 2.47. The minimum atomic E-state index is -2.10. The van der Waals surface area contributed by atoms with E-state index in [1.54, 1.807) is 30.6 Å². The zero-order chi connectivity index (χ0) is 30.4. The van der Waals surface area contributed by atoms with Crippen LogP contribution in [-0.2, 0) is 13.6 Å². The number of anilines is 1. The van der Waals surface area contributed by atoms with Crippen LogP contribution in [0.3, 0.4) is 0 Å². The number of hydrogen-bond donors (Lipinski definition) is 1. The van der Waals surface area contributed by atoms with Crippen molar-refractivity contribution in [2.45, 2.75) is 103 Å². The van der Waals surface area contributed by atoms with Crippen molar-refractivity contribution in [3.63, 3.8) is 0 Å². The van der Waals surface area contributed by atoms with Crippen molar-refractivity contribution >= 4 is 40.0 Å². The lowest BCUT2D eigenvalue weighted by molar-refractivity contribution is -0.0383. The molecule has 224 valence electrons. The van der Waals surface area contributed by atoms with Gasteiger partial charge in [0.05, 0.1) is 24.6 Å². The summed E-state index contributed by atoms with van der Waals surface area (Å²) in [5, 5.41) is 0.123. The first-order valence-electron chi connectivity index (χ1n) is 14.1. The van der Waals surface area contributed by atoms with E-state index in [2.05, 4.69) is 82.7 Å². The van der Waals surface area contributed by atoms with Gasteiger partial charge in [-0.3, -0.25) is 9.36 Å². The molecule has 0 amide bonds. The molecule has 3 aromatic rings. The molecule has 1 aliphatic heterocycles. The average Bonchev–Trinajstić information content (AvgIpc) is 3.45. The minimum absolute atomic E-state index is 0.0303. The van der Waals surface area contributed by atoms with Crippen LogP contribution in [0, 0.1) is 0 Å². The first-order valence-corrected chi connectivity index (χ1v) is 19.9. The van der Waals surface area contributed by atoms with E-state index in [0.717, 1.165) is 6.29 Å². The molecule has 1 fully saturated rings. The number of rotatable bonds is 9. The summed E-state index contributed by atoms with van der Waals surface area (Å²) in [5.41, 5.74) is 7.41. The van der Waals surface area contributed by atoms with Gasteiger partial charge < -0.3 is 24.1 Å². The molecule has 12 heteroatoms. The van der Waals surface area contributed by atoms with Crippen molar-refractivity contribution in [2.75, 3.05) is 12.3 Å². The molecule has 41 heavy (non-hydrogen) atoms. The molecule has 3 atom stereocenters. The van der Waals surface area contributed by atoms with Gasteiger partial charge in [0.25, 0.3) is 5.88 Å². The highest BCUT2D eigenvalue weighted by atomic mass is 28.4. The number of imidazole rings is 1. The SMILES string of the molecule is CC(C)(C)[Si](C)(C)OC[C@H]1O[C@@H](n2cnc3c(Oc4ccccc4C=O)nc(N)nc32)C[C@@H]1O[Si](C)(C)C(C)(C)C. The molecule has 10 nitrogen and oxygen atoms in total. The molecule has 0 spiro atoms. The Morgan fingerprint density at radius 1 is 1.05 bits per heavy atom. The maximum absolute atomic E-state index is 11.5. The maximum Gasteiger partial charge on any atom is 0.252 e. The Balaban J connectivity index is 1.66. The van der Waals surface area contributed by atoms with Crippen LogP contribution in [0.25, 0.3) is 11.2 Å². The third kappa shape index (κ3) is 6.56. The van der Waals surface area contributed by atoms with Gasteiger partial charge >= 0.3 is 0 Å². The lowest BCUT2D eigenvalue weighted by atomic mass is 10.2. The molecule has 1 aliphatic rings. The Kier molecular flexibility index (Phi) is 8.56. The molecule has 1 aromatic carbocycles. The van der Waals surface area contributed by atoms with E-state index in [4.69, 9.17) is 24.1 Å². The number of aromatic nitrogens is 4. The average molecular weight is 600 g/mol. The minimum Gasteiger partial charge on any atom is -0.436 e. The van der Waals surface area contributed by atoms with Crippen molar-refractivity contribution in [3.05, 3.63) is 36.2 Å². The van der Waals surface area contributed by atoms with Gasteiger partial charge in [-0.1, -0.05) is 53.7 Å². The zero-order valence-electron chi connectivity index (χ0n) is 26.0. The number of fused-ring (bicyclic) bond motifs is 1. The van der Waals surface area contributed by atoms with Gasteiger partial charge in [0.2, 0.25) is 5.95 Å². The number of carbonyl (C=O) groups excluding carboxylic acids is 1. The Labute approximate surface area is 245 Å². The van der Waals surface area contributed by atoms with Crippen LogP contribution < -0.4 is 10.5 Å². The third-order valence-corrected chi connectivity index (χ3v) is 17.8. The summed E-state index contributed by atoms with van der Waals surface area (Å²) in [4.78, 5) is 24.9. The fraction of sp³-hybridized carbons (Fsp3) is 0.586. The Morgan fingerprint density at radius 2 is 1.71 bits per heavy atom. The van der Waals surface area contributed by atoms with Crippen molar-refractivity contribution in [1.82, 2.24) is 19.5 Å². The molecule has 0 saturated carbocycles. The van der Waals surface area contributed by atoms with Gasteiger partial charge in [-0.2, -0.15) is 9.97 Å². The van der Waals surface area contributed by atoms with E-state index >= 15 is 0 Å². The number of nitrogens with zero attached hydrogens (tertiary/aromatic N) is 4. The van der Waals surface area contributed by atoms with Crippen LogP contribution >= 0.6 is 0 Å². The number of nitrogens with two attached hydrogens (primary N) is 1. The number of ether oxygens (including phenoxy) is 2. The number of para-hydroxylation sites is 1. The molecule has 2 N–H and O–H groups in total. The van der Waals surface area contributed by atoms with E-state index in [9.17, 15) is 4.79 Å². The molecule has 0 unspecified atom stereocenters. The second-order valence-electron chi connectivity index (χ2n) is 13.8. The predicted octanol–water partition coefficient (Wildman–Crippen LogP) is 6.71. The molecule has 3 heterocycles. The van der Waals surface area contributed by atoms with Crippen LogP contribution in [0.1, 0.15) is 64.5 Å². The normalized spacial score (nSPS) is 20.5. The lowest BCUT2D eigenvalue weighted by Gasteiger charge is -2.40. The topological polar surface area (TPSA) is 124 Å². The predicted molar refractivity (Wildman–Crippen MR) is 165 cm³/mol. The number of hydrogen-bond acceptors (Lipinski definition) is 9. The number of carbonyl (C=O) groups is 1. The first-order chi connectivity index (χ1) is 18.9. The Bertz CT molecular complexity index is 1400. The van der Waals surface area contributed by atoms with Gasteiger partial charge in [0.1, 0.15) is 18.1 Å². The molecule has 0 radical (unpaired) electrons. The summed E-state index contributed by atoms with van der Waals surface area (Å²) >= 11 is 0. The zero-order valence-corrected chi connectivity index (χ0v) is 28.0. The molecule has 0 aliphatic carbocycles. The van der Waals surface area contributed by atoms with Gasteiger partial charge in [0.15, 0.2) is 34.1 Å². The summed E-state index contributed by atoms with van der Waals surface area (Å²) < 4.78 is 28.1. The summed E-state index contributed by atoms with van der Waals surface area (Å²) in [6.45, 7) is 22.9. The van der Waals surface area contributed by atoms with Crippen molar-refractivity contribution in [3.8, 4) is 11.6 Å². The van der Waals surface area contributed by atoms with E-state index in [-0.39, 0.29) is 34.1 Å². The van der Waals surface area contributed by atoms with Crippen molar-refractivity contribution in [2.24, 2.45) is 0 Å². The van der Waals surface area contributed by atoms with Crippen LogP contribution in [0.5, 0.6) is 11.6 Å². The summed E-state index contributed by atoms with van der Waals surface area (Å²) in [5.74, 6) is 0.562. The van der Waals surface area contributed by atoms with Crippen molar-refractivity contribution < 1.29 is 23.1 Å². The second-order valence-corrected chi connectivity index (χ2v) is 23.4. The van der Waals surface area contributed by atoms with E-state index in [1.807, 2.05) is 4.57 Å². The second kappa shape index (κ2) is 11.2. The van der Waals surface area contributed by atoms with Crippen LogP contribution in [-0.4, -0.2) is 61.3 Å².